The molecule has 3 aliphatic rings. The summed E-state index contributed by atoms with van der Waals surface area (Å²) in [6.45, 7) is 9.54. The normalized spacial score (nSPS) is 37.4. The van der Waals surface area contributed by atoms with E-state index < -0.39 is 0 Å². The molecule has 0 amide bonds. The zero-order valence-electron chi connectivity index (χ0n) is 17.4. The first-order valence-electron chi connectivity index (χ1n) is 11.6. The second-order valence-electron chi connectivity index (χ2n) is 10.0. The van der Waals surface area contributed by atoms with Crippen molar-refractivity contribution >= 4 is 0 Å². The van der Waals surface area contributed by atoms with E-state index in [0.29, 0.717) is 0 Å². The van der Waals surface area contributed by atoms with Gasteiger partial charge in [0.1, 0.15) is 0 Å². The summed E-state index contributed by atoms with van der Waals surface area (Å²) in [6, 6.07) is 0. The summed E-state index contributed by atoms with van der Waals surface area (Å²) in [6.07, 6.45) is 21.1. The molecule has 0 radical (unpaired) electrons. The predicted octanol–water partition coefficient (Wildman–Crippen LogP) is 9.77. The Morgan fingerprint density at radius 1 is 0.500 bits per heavy atom. The Bertz CT molecular complexity index is 292. The van der Waals surface area contributed by atoms with Crippen LogP contribution in [0.15, 0.2) is 0 Å². The molecule has 3 aliphatic carbocycles. The molecule has 0 bridgehead atoms. The minimum Gasteiger partial charge on any atom is -0.0776 e. The van der Waals surface area contributed by atoms with Gasteiger partial charge in [0.15, 0.2) is 0 Å². The van der Waals surface area contributed by atoms with Gasteiger partial charge in [0.2, 0.25) is 0 Å². The van der Waals surface area contributed by atoms with Gasteiger partial charge < -0.3 is 0 Å². The van der Waals surface area contributed by atoms with E-state index in [2.05, 4.69) is 27.7 Å². The lowest BCUT2D eigenvalue weighted by Crippen LogP contribution is -2.20. The SMILES string of the molecule is C.C.CC1CCC(C)CC1.CCC1CCC(CC2CCC(C)CC2)CC1.[2HH]. The summed E-state index contributed by atoms with van der Waals surface area (Å²) in [4.78, 5) is 0. The van der Waals surface area contributed by atoms with Crippen molar-refractivity contribution in [1.82, 2.24) is 0 Å². The fourth-order valence-electron chi connectivity index (χ4n) is 5.34. The summed E-state index contributed by atoms with van der Waals surface area (Å²) < 4.78 is 0. The van der Waals surface area contributed by atoms with Crippen LogP contribution in [0.5, 0.6) is 0 Å². The number of hydrogen-bond donors (Lipinski definition) is 0. The topological polar surface area (TPSA) is 0 Å². The van der Waals surface area contributed by atoms with Crippen LogP contribution in [-0.4, -0.2) is 0 Å². The Kier molecular flexibility index (Phi) is 14.1. The largest absolute Gasteiger partial charge is 0.0776 e. The molecule has 3 saturated carbocycles. The first-order chi connectivity index (χ1) is 11.6. The Balaban J connectivity index is 0. The first-order valence-corrected chi connectivity index (χ1v) is 11.6. The molecule has 0 spiro atoms. The molecular weight excluding hydrogens is 312 g/mol. The van der Waals surface area contributed by atoms with E-state index in [4.69, 9.17) is 0 Å². The third-order valence-corrected chi connectivity index (χ3v) is 7.65. The van der Waals surface area contributed by atoms with Crippen LogP contribution in [0.1, 0.15) is 134 Å². The van der Waals surface area contributed by atoms with Crippen molar-refractivity contribution in [1.29, 1.82) is 0 Å². The molecule has 3 fully saturated rings. The van der Waals surface area contributed by atoms with Gasteiger partial charge in [-0.2, -0.15) is 0 Å². The second kappa shape index (κ2) is 14.1. The zero-order valence-corrected chi connectivity index (χ0v) is 17.4. The van der Waals surface area contributed by atoms with E-state index in [1.54, 1.807) is 19.3 Å². The molecule has 0 aliphatic heterocycles. The maximum absolute atomic E-state index is 2.43. The molecule has 0 saturated heterocycles. The molecule has 0 N–H and O–H groups in total. The standard InChI is InChI=1S/C16H30.C8H16.2CH4.H2/c1-3-14-8-10-16(11-9-14)12-15-6-4-13(2)5-7-15;1-7-3-5-8(2)6-4-7;;;/h13-16H,3-12H2,1-2H3;7-8H,3-6H2,1-2H3;2*1H4;1H/i;;;;1+1. The van der Waals surface area contributed by atoms with Crippen molar-refractivity contribution < 1.29 is 1.43 Å². The highest BCUT2D eigenvalue weighted by Crippen LogP contribution is 2.38. The van der Waals surface area contributed by atoms with Crippen LogP contribution in [-0.2, 0) is 0 Å². The highest BCUT2D eigenvalue weighted by Gasteiger charge is 2.25. The maximum atomic E-state index is 2.43. The van der Waals surface area contributed by atoms with Crippen LogP contribution in [0.3, 0.4) is 0 Å². The molecular formula is C26H56. The molecule has 0 heterocycles. The van der Waals surface area contributed by atoms with E-state index in [9.17, 15) is 0 Å². The van der Waals surface area contributed by atoms with Gasteiger partial charge in [-0.05, 0) is 41.9 Å². The van der Waals surface area contributed by atoms with Gasteiger partial charge in [-0.15, -0.1) is 0 Å². The van der Waals surface area contributed by atoms with Crippen molar-refractivity contribution in [3.8, 4) is 0 Å². The molecule has 26 heavy (non-hydrogen) atoms. The van der Waals surface area contributed by atoms with Crippen LogP contribution < -0.4 is 0 Å². The van der Waals surface area contributed by atoms with E-state index in [1.807, 2.05) is 0 Å². The van der Waals surface area contributed by atoms with Crippen molar-refractivity contribution in [3.63, 3.8) is 0 Å². The van der Waals surface area contributed by atoms with Gasteiger partial charge in [-0.25, -0.2) is 0 Å². The first kappa shape index (κ1) is 26.0. The van der Waals surface area contributed by atoms with Crippen molar-refractivity contribution in [2.45, 2.75) is 132 Å². The third kappa shape index (κ3) is 9.80. The monoisotopic (exact) mass is 369 g/mol. The van der Waals surface area contributed by atoms with E-state index in [0.717, 1.165) is 35.5 Å². The molecule has 0 aromatic carbocycles. The van der Waals surface area contributed by atoms with Crippen LogP contribution >= 0.6 is 0 Å². The van der Waals surface area contributed by atoms with Gasteiger partial charge in [-0.1, -0.05) is 126 Å². The smallest absolute Gasteiger partial charge is 0 e. The Hall–Kier alpha value is 0. The van der Waals surface area contributed by atoms with E-state index >= 15 is 0 Å². The van der Waals surface area contributed by atoms with Gasteiger partial charge in [0.25, 0.3) is 0 Å². The van der Waals surface area contributed by atoms with Gasteiger partial charge in [-0.3, -0.25) is 0 Å². The van der Waals surface area contributed by atoms with Crippen LogP contribution in [0.25, 0.3) is 0 Å². The van der Waals surface area contributed by atoms with Gasteiger partial charge in [0.05, 0.1) is 0 Å². The zero-order chi connectivity index (χ0) is 17.4. The number of hydrogen-bond acceptors (Lipinski definition) is 0. The Morgan fingerprint density at radius 3 is 1.12 bits per heavy atom. The summed E-state index contributed by atoms with van der Waals surface area (Å²) in [7, 11) is 0. The van der Waals surface area contributed by atoms with Gasteiger partial charge in [0, 0.05) is 1.43 Å². The molecule has 0 atom stereocenters. The lowest BCUT2D eigenvalue weighted by Gasteiger charge is -2.33. The minimum atomic E-state index is 0. The second-order valence-corrected chi connectivity index (χ2v) is 10.0. The molecule has 0 nitrogen and oxygen atoms in total. The number of rotatable bonds is 3. The molecule has 0 aromatic rings. The van der Waals surface area contributed by atoms with Crippen molar-refractivity contribution in [3.05, 3.63) is 0 Å². The fraction of sp³-hybridized carbons (Fsp3) is 1.00. The van der Waals surface area contributed by atoms with Crippen LogP contribution in [0.4, 0.5) is 0 Å². The average molecular weight is 370 g/mol. The highest BCUT2D eigenvalue weighted by atomic mass is 14.3. The van der Waals surface area contributed by atoms with Crippen LogP contribution in [0.2, 0.25) is 0 Å². The Labute approximate surface area is 169 Å². The lowest BCUT2D eigenvalue weighted by atomic mass is 9.73. The quantitative estimate of drug-likeness (QED) is 0.464. The molecule has 0 unspecified atom stereocenters. The van der Waals surface area contributed by atoms with Crippen LogP contribution in [0, 0.1) is 35.5 Å². The average Bonchev–Trinajstić information content (AvgIpc) is 2.61. The highest BCUT2D eigenvalue weighted by molar-refractivity contribution is 4.77. The summed E-state index contributed by atoms with van der Waals surface area (Å²) in [5.74, 6) is 6.33. The van der Waals surface area contributed by atoms with Crippen molar-refractivity contribution in [2.24, 2.45) is 35.5 Å². The maximum Gasteiger partial charge on any atom is 0 e. The molecule has 0 heteroatoms. The lowest BCUT2D eigenvalue weighted by molar-refractivity contribution is 0.194. The van der Waals surface area contributed by atoms with E-state index in [1.165, 1.54) is 70.6 Å². The fourth-order valence-corrected chi connectivity index (χ4v) is 5.34. The third-order valence-electron chi connectivity index (χ3n) is 7.65. The summed E-state index contributed by atoms with van der Waals surface area (Å²) >= 11 is 0. The molecule has 3 rings (SSSR count). The van der Waals surface area contributed by atoms with Gasteiger partial charge >= 0.3 is 0 Å². The van der Waals surface area contributed by atoms with E-state index in [-0.39, 0.29) is 16.3 Å². The summed E-state index contributed by atoms with van der Waals surface area (Å²) in [5.41, 5.74) is 0. The van der Waals surface area contributed by atoms with Crippen molar-refractivity contribution in [2.75, 3.05) is 0 Å². The Morgan fingerprint density at radius 2 is 0.769 bits per heavy atom. The molecule has 160 valence electrons. The minimum absolute atomic E-state index is 0. The molecule has 0 aromatic heterocycles. The summed E-state index contributed by atoms with van der Waals surface area (Å²) in [5, 5.41) is 0. The predicted molar refractivity (Wildman–Crippen MR) is 124 cm³/mol.